The van der Waals surface area contributed by atoms with E-state index in [0.717, 1.165) is 0 Å². The summed E-state index contributed by atoms with van der Waals surface area (Å²) >= 11 is 0. The second-order valence-corrected chi connectivity index (χ2v) is 6.01. The maximum absolute atomic E-state index is 11.6. The molecule has 0 saturated carbocycles. The van der Waals surface area contributed by atoms with Crippen molar-refractivity contribution in [3.63, 3.8) is 0 Å². The zero-order chi connectivity index (χ0) is 17.9. The Morgan fingerprint density at radius 2 is 1.74 bits per heavy atom. The largest absolute Gasteiger partial charge is 2.00 e. The number of pyridine rings is 1. The van der Waals surface area contributed by atoms with E-state index in [-0.39, 0.29) is 37.8 Å². The average molecular weight is 475 g/mol. The molecule has 2 aromatic rings. The minimum Gasteiger partial charge on any atom is -2.00 e. The molecule has 27 heavy (non-hydrogen) atoms. The summed E-state index contributed by atoms with van der Waals surface area (Å²) in [6.07, 6.45) is 7.50. The van der Waals surface area contributed by atoms with Crippen molar-refractivity contribution in [2.24, 2.45) is 10.2 Å². The topological polar surface area (TPSA) is 167 Å². The summed E-state index contributed by atoms with van der Waals surface area (Å²) < 4.78 is 14.5. The first-order valence-electron chi connectivity index (χ1n) is 6.72. The fourth-order valence-corrected chi connectivity index (χ4v) is 1.44. The average Bonchev–Trinajstić information content (AvgIpc) is 2.56. The van der Waals surface area contributed by atoms with Gasteiger partial charge >= 0.3 is 0 Å². The third kappa shape index (κ3) is 12.0. The molecular formula is C16H17MoN3O6S-6. The van der Waals surface area contributed by atoms with Crippen LogP contribution in [0.15, 0.2) is 52.9 Å². The second-order valence-electron chi connectivity index (χ2n) is 4.53. The molecule has 0 fully saturated rings. The Labute approximate surface area is 174 Å². The van der Waals surface area contributed by atoms with E-state index in [2.05, 4.69) is 15.2 Å². The van der Waals surface area contributed by atoms with Crippen LogP contribution in [0.1, 0.15) is 11.1 Å². The third-order valence-corrected chi connectivity index (χ3v) is 2.49. The van der Waals surface area contributed by atoms with Crippen molar-refractivity contribution in [2.75, 3.05) is 19.6 Å². The van der Waals surface area contributed by atoms with E-state index in [1.807, 2.05) is 0 Å². The van der Waals surface area contributed by atoms with E-state index in [4.69, 9.17) is 4.74 Å². The molecule has 0 saturated heterocycles. The van der Waals surface area contributed by atoms with Gasteiger partial charge in [-0.2, -0.15) is 10.2 Å². The quantitative estimate of drug-likeness (QED) is 0.263. The summed E-state index contributed by atoms with van der Waals surface area (Å²) in [5.41, 5.74) is 0.714. The molecular weight excluding hydrogens is 458 g/mol. The third-order valence-electron chi connectivity index (χ3n) is 2.49. The first kappa shape index (κ1) is 29.6. The van der Waals surface area contributed by atoms with Gasteiger partial charge in [0.2, 0.25) is 0 Å². The smallest absolute Gasteiger partial charge is 0.118 e. The van der Waals surface area contributed by atoms with Gasteiger partial charge in [-0.15, -0.1) is 0 Å². The first-order chi connectivity index (χ1) is 11.4. The number of rotatable bonds is 4. The summed E-state index contributed by atoms with van der Waals surface area (Å²) in [6.45, 7) is 0. The number of ether oxygens (including phenoxy) is 1. The SMILES string of the molecule is COc1ccc(/C=N/N=C(\[O-])c2ccncc2)c([O-])c1.CS(C)=O.[Mo].[O-2].[O-2]. The fraction of sp³-hybridized carbons (Fsp3) is 0.188. The number of benzene rings is 1. The van der Waals surface area contributed by atoms with Crippen molar-refractivity contribution < 1.29 is 51.2 Å². The molecule has 0 aliphatic rings. The fourth-order valence-electron chi connectivity index (χ4n) is 1.44. The summed E-state index contributed by atoms with van der Waals surface area (Å²) in [6, 6.07) is 7.60. The molecule has 0 aliphatic heterocycles. The summed E-state index contributed by atoms with van der Waals surface area (Å²) in [7, 11) is 0.866. The first-order valence-corrected chi connectivity index (χ1v) is 8.69. The van der Waals surface area contributed by atoms with E-state index in [9.17, 15) is 14.4 Å². The molecule has 9 nitrogen and oxygen atoms in total. The Bertz CT molecular complexity index is 740. The monoisotopic (exact) mass is 477 g/mol. The van der Waals surface area contributed by atoms with E-state index in [0.29, 0.717) is 16.9 Å². The number of methoxy groups -OCH3 is 1. The molecule has 0 spiro atoms. The van der Waals surface area contributed by atoms with Crippen LogP contribution in [-0.4, -0.2) is 40.9 Å². The molecule has 1 heterocycles. The van der Waals surface area contributed by atoms with Crippen LogP contribution in [-0.2, 0) is 42.8 Å². The van der Waals surface area contributed by atoms with Crippen LogP contribution in [0.5, 0.6) is 11.5 Å². The Balaban J connectivity index is -0.000000751. The molecule has 0 radical (unpaired) electrons. The Hall–Kier alpha value is -2.13. The number of hydrogen-bond acceptors (Lipinski definition) is 7. The van der Waals surface area contributed by atoms with Crippen LogP contribution in [0.3, 0.4) is 0 Å². The van der Waals surface area contributed by atoms with Crippen molar-refractivity contribution >= 4 is 22.9 Å². The van der Waals surface area contributed by atoms with Crippen molar-refractivity contribution in [3.05, 3.63) is 53.9 Å². The molecule has 11 heteroatoms. The molecule has 0 amide bonds. The zero-order valence-corrected chi connectivity index (χ0v) is 17.5. The van der Waals surface area contributed by atoms with Gasteiger partial charge in [0.05, 0.1) is 13.3 Å². The number of aromatic nitrogens is 1. The van der Waals surface area contributed by atoms with Gasteiger partial charge in [0.25, 0.3) is 0 Å². The van der Waals surface area contributed by atoms with Crippen molar-refractivity contribution in [1.82, 2.24) is 4.98 Å². The molecule has 150 valence electrons. The van der Waals surface area contributed by atoms with Gasteiger partial charge in [-0.3, -0.25) is 9.19 Å². The minimum absolute atomic E-state index is 0. The van der Waals surface area contributed by atoms with Crippen LogP contribution in [0, 0.1) is 0 Å². The van der Waals surface area contributed by atoms with E-state index in [1.54, 1.807) is 24.6 Å². The van der Waals surface area contributed by atoms with Crippen molar-refractivity contribution in [3.8, 4) is 11.5 Å². The summed E-state index contributed by atoms with van der Waals surface area (Å²) in [5, 5.41) is 30.4. The van der Waals surface area contributed by atoms with Crippen LogP contribution < -0.4 is 14.9 Å². The maximum Gasteiger partial charge on any atom is 0.118 e. The molecule has 2 rings (SSSR count). The van der Waals surface area contributed by atoms with Crippen molar-refractivity contribution in [1.29, 1.82) is 0 Å². The van der Waals surface area contributed by atoms with Crippen LogP contribution in [0.4, 0.5) is 0 Å². The summed E-state index contributed by atoms with van der Waals surface area (Å²) in [5.74, 6) is -0.277. The second kappa shape index (κ2) is 16.1. The van der Waals surface area contributed by atoms with Gasteiger partial charge in [-0.25, -0.2) is 0 Å². The molecule has 0 N–H and O–H groups in total. The van der Waals surface area contributed by atoms with Crippen molar-refractivity contribution in [2.45, 2.75) is 0 Å². The van der Waals surface area contributed by atoms with Gasteiger partial charge in [-0.1, -0.05) is 11.8 Å². The predicted octanol–water partition coefficient (Wildman–Crippen LogP) is 0.0594. The van der Waals surface area contributed by atoms with Crippen LogP contribution in [0.2, 0.25) is 0 Å². The van der Waals surface area contributed by atoms with Gasteiger partial charge < -0.3 is 25.9 Å². The minimum atomic E-state index is -0.611. The molecule has 0 aliphatic carbocycles. The zero-order valence-electron chi connectivity index (χ0n) is 14.7. The normalized spacial score (nSPS) is 10.0. The molecule has 0 bridgehead atoms. The summed E-state index contributed by atoms with van der Waals surface area (Å²) in [4.78, 5) is 3.80. The standard InChI is InChI=1S/C14H13N3O3.C2H6OS.Mo.2O/c1-20-12-3-2-11(13(18)8-12)9-16-17-14(19)10-4-6-15-7-5-10;1-4(2)3;;;/h2-9,18H,1H3,(H,17,19);1-2H3;;;/q;;;2*-2/p-2/b16-9+;;;;. The Morgan fingerprint density at radius 1 is 1.19 bits per heavy atom. The molecule has 1 aromatic carbocycles. The molecule has 1 aromatic heterocycles. The van der Waals surface area contributed by atoms with E-state index in [1.165, 1.54) is 43.9 Å². The number of hydrogen-bond donors (Lipinski definition) is 0. The Morgan fingerprint density at radius 3 is 2.22 bits per heavy atom. The maximum atomic E-state index is 11.6. The van der Waals surface area contributed by atoms with Gasteiger partial charge in [0.1, 0.15) is 5.75 Å². The van der Waals surface area contributed by atoms with Gasteiger partial charge in [-0.05, 0) is 35.4 Å². The van der Waals surface area contributed by atoms with Crippen LogP contribution >= 0.6 is 0 Å². The predicted molar refractivity (Wildman–Crippen MR) is 92.2 cm³/mol. The molecule has 0 atom stereocenters. The number of nitrogens with zero attached hydrogens (tertiary/aromatic N) is 3. The van der Waals surface area contributed by atoms with Gasteiger partial charge in [0.15, 0.2) is 0 Å². The van der Waals surface area contributed by atoms with Gasteiger partial charge in [0, 0.05) is 62.7 Å². The van der Waals surface area contributed by atoms with Crippen LogP contribution in [0.25, 0.3) is 0 Å². The Kier molecular flexibility index (Phi) is 17.6. The van der Waals surface area contributed by atoms with E-state index >= 15 is 0 Å². The molecule has 0 unspecified atom stereocenters. The van der Waals surface area contributed by atoms with E-state index < -0.39 is 16.7 Å².